The van der Waals surface area contributed by atoms with Crippen molar-refractivity contribution in [2.75, 3.05) is 20.2 Å². The number of likely N-dealkylation sites (tertiary alicyclic amines) is 1. The average molecular weight is 324 g/mol. The quantitative estimate of drug-likeness (QED) is 0.893. The van der Waals surface area contributed by atoms with E-state index in [4.69, 9.17) is 4.74 Å². The number of hydrogen-bond donors (Lipinski definition) is 1. The number of rotatable bonds is 5. The Bertz CT molecular complexity index is 596. The minimum atomic E-state index is -0.784. The number of methoxy groups -OCH3 is 1. The van der Waals surface area contributed by atoms with Crippen molar-refractivity contribution in [3.63, 3.8) is 0 Å². The number of thiazole rings is 1. The van der Waals surface area contributed by atoms with E-state index in [-0.39, 0.29) is 11.8 Å². The van der Waals surface area contributed by atoms with Crippen LogP contribution in [0.2, 0.25) is 0 Å². The molecule has 1 saturated heterocycles. The Morgan fingerprint density at radius 2 is 2.14 bits per heavy atom. The molecule has 0 spiro atoms. The number of amides is 1. The van der Waals surface area contributed by atoms with Gasteiger partial charge in [-0.1, -0.05) is 0 Å². The molecule has 1 aliphatic heterocycles. The number of aliphatic carboxylic acids is 1. The first kappa shape index (κ1) is 15.4. The van der Waals surface area contributed by atoms with Crippen LogP contribution in [-0.4, -0.2) is 47.1 Å². The molecule has 1 N–H and O–H groups in total. The number of carboxylic acid groups (broad SMARTS) is 1. The number of aromatic nitrogens is 1. The number of aryl methyl sites for hydroxylation is 1. The highest BCUT2D eigenvalue weighted by molar-refractivity contribution is 7.13. The molecule has 2 aliphatic rings. The Morgan fingerprint density at radius 1 is 1.41 bits per heavy atom. The van der Waals surface area contributed by atoms with Gasteiger partial charge >= 0.3 is 5.97 Å². The molecule has 0 bridgehead atoms. The SMILES string of the molecule is COCc1nc(C)c(C(=O)N2C[C@H](C(=O)O)[C@@H](C3CC3)C2)s1. The van der Waals surface area contributed by atoms with E-state index >= 15 is 0 Å². The lowest BCUT2D eigenvalue weighted by Crippen LogP contribution is -2.29. The summed E-state index contributed by atoms with van der Waals surface area (Å²) in [4.78, 5) is 30.8. The maximum atomic E-state index is 12.7. The molecule has 0 aromatic carbocycles. The highest BCUT2D eigenvalue weighted by Crippen LogP contribution is 2.44. The Balaban J connectivity index is 1.76. The molecule has 3 rings (SSSR count). The van der Waals surface area contributed by atoms with Crippen molar-refractivity contribution in [3.05, 3.63) is 15.6 Å². The van der Waals surface area contributed by atoms with Crippen LogP contribution in [0.25, 0.3) is 0 Å². The van der Waals surface area contributed by atoms with Gasteiger partial charge in [-0.15, -0.1) is 11.3 Å². The Labute approximate surface area is 133 Å². The molecule has 2 heterocycles. The van der Waals surface area contributed by atoms with E-state index in [1.165, 1.54) is 11.3 Å². The van der Waals surface area contributed by atoms with Crippen molar-refractivity contribution in [1.29, 1.82) is 0 Å². The van der Waals surface area contributed by atoms with Crippen LogP contribution < -0.4 is 0 Å². The van der Waals surface area contributed by atoms with Crippen LogP contribution in [0.5, 0.6) is 0 Å². The van der Waals surface area contributed by atoms with Crippen molar-refractivity contribution in [3.8, 4) is 0 Å². The summed E-state index contributed by atoms with van der Waals surface area (Å²) in [6, 6.07) is 0. The summed E-state index contributed by atoms with van der Waals surface area (Å²) < 4.78 is 5.05. The first-order valence-corrected chi connectivity index (χ1v) is 8.30. The zero-order valence-corrected chi connectivity index (χ0v) is 13.6. The molecular formula is C15H20N2O4S. The van der Waals surface area contributed by atoms with E-state index in [2.05, 4.69) is 4.98 Å². The molecule has 1 amide bonds. The minimum Gasteiger partial charge on any atom is -0.481 e. The molecule has 0 unspecified atom stereocenters. The van der Waals surface area contributed by atoms with Gasteiger partial charge in [0.1, 0.15) is 9.88 Å². The first-order valence-electron chi connectivity index (χ1n) is 7.48. The molecule has 1 aromatic heterocycles. The van der Waals surface area contributed by atoms with Crippen LogP contribution in [-0.2, 0) is 16.1 Å². The van der Waals surface area contributed by atoms with E-state index in [9.17, 15) is 14.7 Å². The number of nitrogens with zero attached hydrogens (tertiary/aromatic N) is 2. The number of carboxylic acids is 1. The van der Waals surface area contributed by atoms with Crippen LogP contribution in [0.1, 0.15) is 33.2 Å². The molecule has 120 valence electrons. The molecule has 2 atom stereocenters. The monoisotopic (exact) mass is 324 g/mol. The lowest BCUT2D eigenvalue weighted by atomic mass is 9.92. The van der Waals surface area contributed by atoms with Crippen LogP contribution in [0.3, 0.4) is 0 Å². The fraction of sp³-hybridized carbons (Fsp3) is 0.667. The summed E-state index contributed by atoms with van der Waals surface area (Å²) in [5, 5.41) is 10.2. The summed E-state index contributed by atoms with van der Waals surface area (Å²) in [5.74, 6) is -0.721. The molecular weight excluding hydrogens is 304 g/mol. The van der Waals surface area contributed by atoms with Gasteiger partial charge in [-0.25, -0.2) is 4.98 Å². The number of carbonyl (C=O) groups excluding carboxylic acids is 1. The highest BCUT2D eigenvalue weighted by Gasteiger charge is 2.47. The Morgan fingerprint density at radius 3 is 2.73 bits per heavy atom. The third-order valence-corrected chi connectivity index (χ3v) is 5.62. The molecule has 6 nitrogen and oxygen atoms in total. The smallest absolute Gasteiger partial charge is 0.308 e. The second-order valence-electron chi connectivity index (χ2n) is 6.11. The number of ether oxygens (including phenoxy) is 1. The summed E-state index contributed by atoms with van der Waals surface area (Å²) >= 11 is 1.34. The topological polar surface area (TPSA) is 79.7 Å². The van der Waals surface area contributed by atoms with Crippen molar-refractivity contribution >= 4 is 23.2 Å². The van der Waals surface area contributed by atoms with Crippen molar-refractivity contribution in [2.45, 2.75) is 26.4 Å². The van der Waals surface area contributed by atoms with Crippen LogP contribution in [0.4, 0.5) is 0 Å². The third kappa shape index (κ3) is 2.87. The lowest BCUT2D eigenvalue weighted by Gasteiger charge is -2.15. The molecule has 22 heavy (non-hydrogen) atoms. The van der Waals surface area contributed by atoms with Gasteiger partial charge in [-0.3, -0.25) is 9.59 Å². The van der Waals surface area contributed by atoms with Gasteiger partial charge in [-0.05, 0) is 31.6 Å². The Kier molecular flexibility index (Phi) is 4.18. The average Bonchev–Trinajstić information content (AvgIpc) is 3.10. The fourth-order valence-electron chi connectivity index (χ4n) is 3.24. The standard InChI is InChI=1S/C15H20N2O4S/c1-8-13(22-12(16-8)7-21-2)14(18)17-5-10(9-3-4-9)11(6-17)15(19)20/h9-11H,3-7H2,1-2H3,(H,19,20)/t10-,11+/m1/s1. The maximum Gasteiger partial charge on any atom is 0.308 e. The van der Waals surface area contributed by atoms with Crippen LogP contribution in [0, 0.1) is 24.7 Å². The Hall–Kier alpha value is -1.47. The fourth-order valence-corrected chi connectivity index (χ4v) is 4.24. The zero-order chi connectivity index (χ0) is 15.9. The molecule has 1 aliphatic carbocycles. The lowest BCUT2D eigenvalue weighted by molar-refractivity contribution is -0.142. The second-order valence-corrected chi connectivity index (χ2v) is 7.19. The normalized spacial score (nSPS) is 24.7. The van der Waals surface area contributed by atoms with E-state index in [1.54, 1.807) is 12.0 Å². The third-order valence-electron chi connectivity index (χ3n) is 4.50. The number of hydrogen-bond acceptors (Lipinski definition) is 5. The van der Waals surface area contributed by atoms with Gasteiger partial charge < -0.3 is 14.7 Å². The van der Waals surface area contributed by atoms with Gasteiger partial charge in [0.25, 0.3) is 5.91 Å². The molecule has 0 radical (unpaired) electrons. The van der Waals surface area contributed by atoms with Gasteiger partial charge in [0.15, 0.2) is 0 Å². The molecule has 1 aromatic rings. The second kappa shape index (κ2) is 5.96. The molecule has 1 saturated carbocycles. The molecule has 7 heteroatoms. The zero-order valence-electron chi connectivity index (χ0n) is 12.7. The predicted octanol–water partition coefficient (Wildman–Crippen LogP) is 1.78. The van der Waals surface area contributed by atoms with Gasteiger partial charge in [-0.2, -0.15) is 0 Å². The van der Waals surface area contributed by atoms with Gasteiger partial charge in [0, 0.05) is 20.2 Å². The highest BCUT2D eigenvalue weighted by atomic mass is 32.1. The number of carbonyl (C=O) groups is 2. The van der Waals surface area contributed by atoms with Crippen molar-refractivity contribution in [1.82, 2.24) is 9.88 Å². The molecule has 2 fully saturated rings. The summed E-state index contributed by atoms with van der Waals surface area (Å²) in [7, 11) is 1.59. The van der Waals surface area contributed by atoms with Gasteiger partial charge in [0.05, 0.1) is 18.2 Å². The van der Waals surface area contributed by atoms with E-state index < -0.39 is 11.9 Å². The van der Waals surface area contributed by atoms with E-state index in [1.807, 2.05) is 6.92 Å². The van der Waals surface area contributed by atoms with Crippen molar-refractivity contribution < 1.29 is 19.4 Å². The van der Waals surface area contributed by atoms with Crippen LogP contribution >= 0.6 is 11.3 Å². The summed E-state index contributed by atoms with van der Waals surface area (Å²) in [5.41, 5.74) is 0.698. The predicted molar refractivity (Wildman–Crippen MR) is 80.8 cm³/mol. The largest absolute Gasteiger partial charge is 0.481 e. The summed E-state index contributed by atoms with van der Waals surface area (Å²) in [6.45, 7) is 3.07. The van der Waals surface area contributed by atoms with E-state index in [0.717, 1.165) is 17.8 Å². The summed E-state index contributed by atoms with van der Waals surface area (Å²) in [6.07, 6.45) is 2.18. The van der Waals surface area contributed by atoms with Crippen molar-refractivity contribution in [2.24, 2.45) is 17.8 Å². The first-order chi connectivity index (χ1) is 10.5. The van der Waals surface area contributed by atoms with Gasteiger partial charge in [0.2, 0.25) is 0 Å². The van der Waals surface area contributed by atoms with Crippen LogP contribution in [0.15, 0.2) is 0 Å². The maximum absolute atomic E-state index is 12.7. The minimum absolute atomic E-state index is 0.0910. The van der Waals surface area contributed by atoms with E-state index in [0.29, 0.717) is 36.2 Å².